The molecule has 4 nitrogen and oxygen atoms in total. The quantitative estimate of drug-likeness (QED) is 0.802. The van der Waals surface area contributed by atoms with Crippen molar-refractivity contribution in [2.45, 2.75) is 19.4 Å². The van der Waals surface area contributed by atoms with Crippen LogP contribution in [0.2, 0.25) is 0 Å². The molecule has 1 heterocycles. The zero-order valence-electron chi connectivity index (χ0n) is 10.1. The Morgan fingerprint density at radius 3 is 3.06 bits per heavy atom. The molecule has 0 radical (unpaired) electrons. The SMILES string of the molecule is CCC(COC)Nc1nc2ccc(N)cc2s1. The fourth-order valence-electron chi connectivity index (χ4n) is 1.64. The van der Waals surface area contributed by atoms with Crippen LogP contribution < -0.4 is 11.1 Å². The number of benzene rings is 1. The predicted octanol–water partition coefficient (Wildman–Crippen LogP) is 2.72. The average molecular weight is 251 g/mol. The minimum Gasteiger partial charge on any atom is -0.399 e. The Morgan fingerprint density at radius 2 is 2.35 bits per heavy atom. The molecule has 2 rings (SSSR count). The van der Waals surface area contributed by atoms with Gasteiger partial charge in [0.2, 0.25) is 0 Å². The molecule has 17 heavy (non-hydrogen) atoms. The number of methoxy groups -OCH3 is 1. The maximum absolute atomic E-state index is 5.75. The van der Waals surface area contributed by atoms with E-state index in [1.807, 2.05) is 18.2 Å². The number of thiazole rings is 1. The van der Waals surface area contributed by atoms with Crippen molar-refractivity contribution in [1.29, 1.82) is 0 Å². The molecule has 0 bridgehead atoms. The monoisotopic (exact) mass is 251 g/mol. The van der Waals surface area contributed by atoms with Crippen LogP contribution in [0.15, 0.2) is 18.2 Å². The summed E-state index contributed by atoms with van der Waals surface area (Å²) in [7, 11) is 1.71. The van der Waals surface area contributed by atoms with Crippen LogP contribution in [-0.2, 0) is 4.74 Å². The molecule has 0 spiro atoms. The summed E-state index contributed by atoms with van der Waals surface area (Å²) in [5, 5.41) is 4.31. The Bertz CT molecular complexity index is 497. The highest BCUT2D eigenvalue weighted by atomic mass is 32.1. The summed E-state index contributed by atoms with van der Waals surface area (Å²) in [5.74, 6) is 0. The molecule has 0 aliphatic carbocycles. The summed E-state index contributed by atoms with van der Waals surface area (Å²) in [6.45, 7) is 2.82. The number of hydrogen-bond acceptors (Lipinski definition) is 5. The van der Waals surface area contributed by atoms with Crippen LogP contribution in [0.25, 0.3) is 10.2 Å². The van der Waals surface area contributed by atoms with Crippen molar-refractivity contribution in [2.24, 2.45) is 0 Å². The standard InChI is InChI=1S/C12H17N3OS/c1-3-9(7-16-2)14-12-15-10-5-4-8(13)6-11(10)17-12/h4-6,9H,3,7,13H2,1-2H3,(H,14,15). The van der Waals surface area contributed by atoms with E-state index >= 15 is 0 Å². The fraction of sp³-hybridized carbons (Fsp3) is 0.417. The fourth-order valence-corrected chi connectivity index (χ4v) is 2.63. The van der Waals surface area contributed by atoms with E-state index in [0.29, 0.717) is 12.6 Å². The number of nitrogens with zero attached hydrogens (tertiary/aromatic N) is 1. The van der Waals surface area contributed by atoms with Gasteiger partial charge >= 0.3 is 0 Å². The lowest BCUT2D eigenvalue weighted by molar-refractivity contribution is 0.184. The summed E-state index contributed by atoms with van der Waals surface area (Å²) in [5.41, 5.74) is 7.51. The zero-order valence-corrected chi connectivity index (χ0v) is 10.9. The minimum absolute atomic E-state index is 0.304. The van der Waals surface area contributed by atoms with E-state index in [4.69, 9.17) is 10.5 Å². The predicted molar refractivity (Wildman–Crippen MR) is 73.6 cm³/mol. The first kappa shape index (κ1) is 12.1. The second-order valence-electron chi connectivity index (χ2n) is 3.95. The van der Waals surface area contributed by atoms with E-state index in [1.54, 1.807) is 18.4 Å². The molecule has 5 heteroatoms. The summed E-state index contributed by atoms with van der Waals surface area (Å²) in [6.07, 6.45) is 1.01. The number of nitrogens with two attached hydrogens (primary N) is 1. The van der Waals surface area contributed by atoms with E-state index in [-0.39, 0.29) is 0 Å². The second-order valence-corrected chi connectivity index (χ2v) is 4.98. The van der Waals surface area contributed by atoms with Gasteiger partial charge in [0.25, 0.3) is 0 Å². The molecule has 2 aromatic rings. The lowest BCUT2D eigenvalue weighted by Gasteiger charge is -2.14. The first-order chi connectivity index (χ1) is 8.22. The first-order valence-corrected chi connectivity index (χ1v) is 6.46. The largest absolute Gasteiger partial charge is 0.399 e. The number of aromatic nitrogens is 1. The van der Waals surface area contributed by atoms with Crippen LogP contribution >= 0.6 is 11.3 Å². The Morgan fingerprint density at radius 1 is 1.53 bits per heavy atom. The summed E-state index contributed by atoms with van der Waals surface area (Å²) < 4.78 is 6.27. The number of hydrogen-bond donors (Lipinski definition) is 2. The van der Waals surface area contributed by atoms with E-state index in [0.717, 1.165) is 27.5 Å². The summed E-state index contributed by atoms with van der Waals surface area (Å²) in [6, 6.07) is 6.08. The topological polar surface area (TPSA) is 60.2 Å². The van der Waals surface area contributed by atoms with Crippen molar-refractivity contribution in [3.8, 4) is 0 Å². The summed E-state index contributed by atoms with van der Waals surface area (Å²) in [4.78, 5) is 4.52. The molecule has 92 valence electrons. The van der Waals surface area contributed by atoms with Crippen molar-refractivity contribution in [2.75, 3.05) is 24.8 Å². The number of nitrogen functional groups attached to an aromatic ring is 1. The van der Waals surface area contributed by atoms with Crippen LogP contribution in [0, 0.1) is 0 Å². The van der Waals surface area contributed by atoms with Crippen molar-refractivity contribution >= 4 is 32.4 Å². The van der Waals surface area contributed by atoms with Gasteiger partial charge < -0.3 is 15.8 Å². The molecule has 3 N–H and O–H groups in total. The maximum atomic E-state index is 5.75. The Hall–Kier alpha value is -1.33. The molecular formula is C12H17N3OS. The number of fused-ring (bicyclic) bond motifs is 1. The Balaban J connectivity index is 2.18. The highest BCUT2D eigenvalue weighted by Crippen LogP contribution is 2.28. The van der Waals surface area contributed by atoms with Gasteiger partial charge in [-0.15, -0.1) is 0 Å². The highest BCUT2D eigenvalue weighted by molar-refractivity contribution is 7.22. The average Bonchev–Trinajstić information content (AvgIpc) is 2.69. The molecule has 1 aromatic heterocycles. The molecule has 0 aliphatic rings. The number of anilines is 2. The number of rotatable bonds is 5. The van der Waals surface area contributed by atoms with Crippen LogP contribution in [-0.4, -0.2) is 24.7 Å². The molecular weight excluding hydrogens is 234 g/mol. The lowest BCUT2D eigenvalue weighted by Crippen LogP contribution is -2.23. The molecule has 1 aromatic carbocycles. The Kier molecular flexibility index (Phi) is 3.81. The van der Waals surface area contributed by atoms with Gasteiger partial charge in [-0.2, -0.15) is 0 Å². The van der Waals surface area contributed by atoms with Gasteiger partial charge in [0.1, 0.15) is 0 Å². The van der Waals surface area contributed by atoms with Crippen LogP contribution in [0.1, 0.15) is 13.3 Å². The molecule has 0 aliphatic heterocycles. The van der Waals surface area contributed by atoms with Crippen molar-refractivity contribution in [3.05, 3.63) is 18.2 Å². The van der Waals surface area contributed by atoms with Gasteiger partial charge in [-0.1, -0.05) is 18.3 Å². The molecule has 0 saturated heterocycles. The molecule has 0 fully saturated rings. The van der Waals surface area contributed by atoms with Gasteiger partial charge in [-0.05, 0) is 24.6 Å². The van der Waals surface area contributed by atoms with E-state index in [2.05, 4.69) is 17.2 Å². The lowest BCUT2D eigenvalue weighted by atomic mass is 10.2. The molecule has 0 amide bonds. The van der Waals surface area contributed by atoms with Crippen LogP contribution in [0.3, 0.4) is 0 Å². The van der Waals surface area contributed by atoms with E-state index < -0.39 is 0 Å². The van der Waals surface area contributed by atoms with Crippen LogP contribution in [0.5, 0.6) is 0 Å². The Labute approximate surface area is 105 Å². The number of nitrogens with one attached hydrogen (secondary N) is 1. The molecule has 1 atom stereocenters. The molecule has 1 unspecified atom stereocenters. The van der Waals surface area contributed by atoms with Gasteiger partial charge in [0, 0.05) is 12.8 Å². The van der Waals surface area contributed by atoms with Gasteiger partial charge in [-0.3, -0.25) is 0 Å². The zero-order chi connectivity index (χ0) is 12.3. The van der Waals surface area contributed by atoms with E-state index in [1.165, 1.54) is 0 Å². The van der Waals surface area contributed by atoms with Crippen LogP contribution in [0.4, 0.5) is 10.8 Å². The van der Waals surface area contributed by atoms with Gasteiger partial charge in [-0.25, -0.2) is 4.98 Å². The third-order valence-corrected chi connectivity index (χ3v) is 3.55. The van der Waals surface area contributed by atoms with Crippen molar-refractivity contribution < 1.29 is 4.74 Å². The first-order valence-electron chi connectivity index (χ1n) is 5.64. The smallest absolute Gasteiger partial charge is 0.184 e. The van der Waals surface area contributed by atoms with Gasteiger partial charge in [0.05, 0.1) is 22.9 Å². The third kappa shape index (κ3) is 2.87. The van der Waals surface area contributed by atoms with Crippen molar-refractivity contribution in [3.63, 3.8) is 0 Å². The number of ether oxygens (including phenoxy) is 1. The summed E-state index contributed by atoms with van der Waals surface area (Å²) >= 11 is 1.62. The van der Waals surface area contributed by atoms with Crippen molar-refractivity contribution in [1.82, 2.24) is 4.98 Å². The van der Waals surface area contributed by atoms with Gasteiger partial charge in [0.15, 0.2) is 5.13 Å². The highest BCUT2D eigenvalue weighted by Gasteiger charge is 2.09. The third-order valence-electron chi connectivity index (χ3n) is 2.60. The maximum Gasteiger partial charge on any atom is 0.184 e. The second kappa shape index (κ2) is 5.33. The minimum atomic E-state index is 0.304. The molecule has 0 saturated carbocycles. The normalized spacial score (nSPS) is 12.8. The van der Waals surface area contributed by atoms with E-state index in [9.17, 15) is 0 Å².